The number of halogens is 4. The van der Waals surface area contributed by atoms with Gasteiger partial charge < -0.3 is 0 Å². The highest BCUT2D eigenvalue weighted by molar-refractivity contribution is 9.10. The highest BCUT2D eigenvalue weighted by Crippen LogP contribution is 2.27. The zero-order valence-electron chi connectivity index (χ0n) is 10.3. The van der Waals surface area contributed by atoms with Gasteiger partial charge >= 0.3 is 0 Å². The molecule has 106 valence electrons. The van der Waals surface area contributed by atoms with Crippen LogP contribution in [0, 0.1) is 17.5 Å². The summed E-state index contributed by atoms with van der Waals surface area (Å²) in [5.74, 6) is 3.75. The summed E-state index contributed by atoms with van der Waals surface area (Å²) in [5, 5.41) is 0. The summed E-state index contributed by atoms with van der Waals surface area (Å²) in [6.07, 6.45) is 0.171. The molecule has 0 aliphatic carbocycles. The molecule has 0 spiro atoms. The number of rotatable bonds is 4. The third kappa shape index (κ3) is 3.39. The minimum atomic E-state index is -0.655. The molecular weight excluding hydrogens is 333 g/mol. The average molecular weight is 345 g/mol. The molecule has 0 bridgehead atoms. The van der Waals surface area contributed by atoms with E-state index in [0.717, 1.165) is 6.07 Å². The molecule has 0 aliphatic rings. The fourth-order valence-corrected chi connectivity index (χ4v) is 2.47. The average Bonchev–Trinajstić information content (AvgIpc) is 2.41. The summed E-state index contributed by atoms with van der Waals surface area (Å²) in [6.45, 7) is 0. The van der Waals surface area contributed by atoms with E-state index in [1.165, 1.54) is 24.3 Å². The Morgan fingerprint density at radius 3 is 2.35 bits per heavy atom. The number of nitrogens with two attached hydrogens (primary N) is 1. The van der Waals surface area contributed by atoms with E-state index in [0.29, 0.717) is 15.6 Å². The number of hydrazine groups is 1. The van der Waals surface area contributed by atoms with Gasteiger partial charge in [-0.15, -0.1) is 0 Å². The van der Waals surface area contributed by atoms with E-state index in [-0.39, 0.29) is 6.42 Å². The summed E-state index contributed by atoms with van der Waals surface area (Å²) in [7, 11) is 0. The molecule has 0 amide bonds. The van der Waals surface area contributed by atoms with Crippen LogP contribution in [0.4, 0.5) is 13.2 Å². The van der Waals surface area contributed by atoms with Gasteiger partial charge in [-0.05, 0) is 41.8 Å². The fraction of sp³-hybridized carbons (Fsp3) is 0.143. The van der Waals surface area contributed by atoms with Crippen LogP contribution >= 0.6 is 15.9 Å². The van der Waals surface area contributed by atoms with Crippen molar-refractivity contribution in [1.82, 2.24) is 5.43 Å². The van der Waals surface area contributed by atoms with E-state index in [4.69, 9.17) is 5.84 Å². The lowest BCUT2D eigenvalue weighted by atomic mass is 9.99. The normalized spacial score (nSPS) is 12.4. The number of hydrogen-bond acceptors (Lipinski definition) is 2. The van der Waals surface area contributed by atoms with Gasteiger partial charge in [0.2, 0.25) is 0 Å². The Hall–Kier alpha value is -1.37. The summed E-state index contributed by atoms with van der Waals surface area (Å²) in [6, 6.07) is 7.00. The molecule has 0 aliphatic heterocycles. The lowest BCUT2D eigenvalue weighted by molar-refractivity contribution is 0.517. The van der Waals surface area contributed by atoms with Gasteiger partial charge in [0.1, 0.15) is 17.5 Å². The van der Waals surface area contributed by atoms with Crippen molar-refractivity contribution >= 4 is 15.9 Å². The maximum Gasteiger partial charge on any atom is 0.129 e. The predicted octanol–water partition coefficient (Wildman–Crippen LogP) is 3.61. The Kier molecular flexibility index (Phi) is 4.80. The molecule has 2 aromatic rings. The largest absolute Gasteiger partial charge is 0.271 e. The van der Waals surface area contributed by atoms with Crippen molar-refractivity contribution < 1.29 is 13.2 Å². The minimum absolute atomic E-state index is 0.171. The SMILES string of the molecule is NNC(Cc1ccc(F)cc1F)c1cc(F)ccc1Br. The minimum Gasteiger partial charge on any atom is -0.271 e. The molecule has 20 heavy (non-hydrogen) atoms. The lowest BCUT2D eigenvalue weighted by Crippen LogP contribution is -2.30. The molecule has 0 saturated heterocycles. The Morgan fingerprint density at radius 2 is 1.70 bits per heavy atom. The molecule has 0 aromatic heterocycles. The van der Waals surface area contributed by atoms with Gasteiger partial charge in [-0.25, -0.2) is 13.2 Å². The van der Waals surface area contributed by atoms with Crippen LogP contribution in [0.25, 0.3) is 0 Å². The van der Waals surface area contributed by atoms with Gasteiger partial charge in [0.25, 0.3) is 0 Å². The van der Waals surface area contributed by atoms with Crippen LogP contribution in [0.2, 0.25) is 0 Å². The Morgan fingerprint density at radius 1 is 1.05 bits per heavy atom. The third-order valence-corrected chi connectivity index (χ3v) is 3.70. The topological polar surface area (TPSA) is 38.0 Å². The van der Waals surface area contributed by atoms with E-state index in [9.17, 15) is 13.2 Å². The molecule has 1 unspecified atom stereocenters. The zero-order valence-corrected chi connectivity index (χ0v) is 11.9. The molecule has 2 nitrogen and oxygen atoms in total. The first kappa shape index (κ1) is 15.0. The van der Waals surface area contributed by atoms with Crippen LogP contribution in [-0.4, -0.2) is 0 Å². The van der Waals surface area contributed by atoms with Crippen molar-refractivity contribution in [2.45, 2.75) is 12.5 Å². The third-order valence-electron chi connectivity index (χ3n) is 2.97. The molecule has 2 aromatic carbocycles. The number of nitrogens with one attached hydrogen (secondary N) is 1. The van der Waals surface area contributed by atoms with Gasteiger partial charge in [-0.2, -0.15) is 0 Å². The number of hydrogen-bond donors (Lipinski definition) is 2. The first-order chi connectivity index (χ1) is 9.51. The van der Waals surface area contributed by atoms with E-state index in [1.807, 2.05) is 0 Å². The molecule has 1 atom stereocenters. The number of benzene rings is 2. The van der Waals surface area contributed by atoms with E-state index >= 15 is 0 Å². The van der Waals surface area contributed by atoms with Crippen molar-refractivity contribution in [3.8, 4) is 0 Å². The maximum absolute atomic E-state index is 13.6. The Balaban J connectivity index is 2.31. The lowest BCUT2D eigenvalue weighted by Gasteiger charge is -2.18. The van der Waals surface area contributed by atoms with Crippen LogP contribution in [0.1, 0.15) is 17.2 Å². The van der Waals surface area contributed by atoms with E-state index < -0.39 is 23.5 Å². The molecule has 0 heterocycles. The zero-order chi connectivity index (χ0) is 14.7. The van der Waals surface area contributed by atoms with Gasteiger partial charge in [-0.1, -0.05) is 22.0 Å². The monoisotopic (exact) mass is 344 g/mol. The van der Waals surface area contributed by atoms with Crippen molar-refractivity contribution in [3.63, 3.8) is 0 Å². The molecule has 0 radical (unpaired) electrons. The Bertz CT molecular complexity index is 619. The Labute approximate surface area is 122 Å². The van der Waals surface area contributed by atoms with Crippen molar-refractivity contribution in [3.05, 3.63) is 69.4 Å². The maximum atomic E-state index is 13.6. The van der Waals surface area contributed by atoms with Crippen molar-refractivity contribution in [2.24, 2.45) is 5.84 Å². The molecule has 0 fully saturated rings. The molecular formula is C14H12BrF3N2. The second kappa shape index (κ2) is 6.39. The highest BCUT2D eigenvalue weighted by Gasteiger charge is 2.17. The summed E-state index contributed by atoms with van der Waals surface area (Å²) in [5.41, 5.74) is 3.38. The van der Waals surface area contributed by atoms with E-state index in [2.05, 4.69) is 21.4 Å². The van der Waals surface area contributed by atoms with Crippen molar-refractivity contribution in [2.75, 3.05) is 0 Å². The molecule has 2 rings (SSSR count). The van der Waals surface area contributed by atoms with Crippen LogP contribution in [-0.2, 0) is 6.42 Å². The van der Waals surface area contributed by atoms with Gasteiger partial charge in [-0.3, -0.25) is 11.3 Å². The van der Waals surface area contributed by atoms with Crippen LogP contribution in [0.3, 0.4) is 0 Å². The summed E-state index contributed by atoms with van der Waals surface area (Å²) in [4.78, 5) is 0. The van der Waals surface area contributed by atoms with Crippen molar-refractivity contribution in [1.29, 1.82) is 0 Å². The molecule has 6 heteroatoms. The molecule has 0 saturated carbocycles. The summed E-state index contributed by atoms with van der Waals surface area (Å²) < 4.78 is 40.5. The van der Waals surface area contributed by atoms with Gasteiger partial charge in [0.15, 0.2) is 0 Å². The first-order valence-electron chi connectivity index (χ1n) is 5.86. The standard InChI is InChI=1S/C14H12BrF3N2/c15-12-4-3-9(16)6-11(12)14(20-19)5-8-1-2-10(17)7-13(8)18/h1-4,6-7,14,20H,5,19H2. The van der Waals surface area contributed by atoms with Crippen LogP contribution < -0.4 is 11.3 Å². The fourth-order valence-electron chi connectivity index (χ4n) is 1.95. The van der Waals surface area contributed by atoms with Gasteiger partial charge in [0, 0.05) is 10.5 Å². The second-order valence-electron chi connectivity index (χ2n) is 4.32. The van der Waals surface area contributed by atoms with Crippen LogP contribution in [0.5, 0.6) is 0 Å². The second-order valence-corrected chi connectivity index (χ2v) is 5.18. The summed E-state index contributed by atoms with van der Waals surface area (Å²) >= 11 is 3.30. The van der Waals surface area contributed by atoms with Gasteiger partial charge in [0.05, 0.1) is 6.04 Å². The first-order valence-corrected chi connectivity index (χ1v) is 6.65. The highest BCUT2D eigenvalue weighted by atomic mass is 79.9. The van der Waals surface area contributed by atoms with E-state index in [1.54, 1.807) is 6.07 Å². The molecule has 3 N–H and O–H groups in total. The smallest absolute Gasteiger partial charge is 0.129 e. The quantitative estimate of drug-likeness (QED) is 0.656. The van der Waals surface area contributed by atoms with Crippen LogP contribution in [0.15, 0.2) is 40.9 Å². The predicted molar refractivity (Wildman–Crippen MR) is 74.2 cm³/mol.